The lowest BCUT2D eigenvalue weighted by Crippen LogP contribution is -2.22. The summed E-state index contributed by atoms with van der Waals surface area (Å²) in [5, 5.41) is 2.75. The van der Waals surface area contributed by atoms with E-state index in [1.807, 2.05) is 50.2 Å². The molecule has 0 bridgehead atoms. The van der Waals surface area contributed by atoms with Gasteiger partial charge in [-0.2, -0.15) is 0 Å². The number of rotatable bonds is 5. The first-order chi connectivity index (χ1) is 10.1. The largest absolute Gasteiger partial charge is 0.497 e. The highest BCUT2D eigenvalue weighted by molar-refractivity contribution is 8.00. The minimum Gasteiger partial charge on any atom is -0.497 e. The van der Waals surface area contributed by atoms with Gasteiger partial charge < -0.3 is 10.1 Å². The van der Waals surface area contributed by atoms with E-state index >= 15 is 0 Å². The fourth-order valence-corrected chi connectivity index (χ4v) is 2.66. The van der Waals surface area contributed by atoms with E-state index < -0.39 is 0 Å². The Hall–Kier alpha value is -1.94. The number of thioether (sulfide) groups is 1. The summed E-state index contributed by atoms with van der Waals surface area (Å²) >= 11 is 1.55. The Kier molecular flexibility index (Phi) is 5.28. The quantitative estimate of drug-likeness (QED) is 0.844. The Morgan fingerprint density at radius 2 is 1.71 bits per heavy atom. The molecule has 0 spiro atoms. The second-order valence-corrected chi connectivity index (χ2v) is 6.21. The summed E-state index contributed by atoms with van der Waals surface area (Å²) < 4.78 is 5.09. The van der Waals surface area contributed by atoms with Gasteiger partial charge in [-0.1, -0.05) is 17.7 Å². The molecule has 110 valence electrons. The van der Waals surface area contributed by atoms with E-state index in [0.717, 1.165) is 16.3 Å². The van der Waals surface area contributed by atoms with Crippen molar-refractivity contribution < 1.29 is 9.53 Å². The van der Waals surface area contributed by atoms with Crippen LogP contribution in [0.25, 0.3) is 0 Å². The van der Waals surface area contributed by atoms with Crippen molar-refractivity contribution in [3.8, 4) is 5.75 Å². The smallest absolute Gasteiger partial charge is 0.237 e. The molecule has 1 amide bonds. The number of amides is 1. The van der Waals surface area contributed by atoms with Crippen LogP contribution < -0.4 is 10.1 Å². The van der Waals surface area contributed by atoms with Crippen LogP contribution in [0.1, 0.15) is 12.5 Å². The van der Waals surface area contributed by atoms with Crippen molar-refractivity contribution >= 4 is 23.4 Å². The van der Waals surface area contributed by atoms with Crippen LogP contribution in [0.2, 0.25) is 0 Å². The van der Waals surface area contributed by atoms with Crippen LogP contribution in [-0.4, -0.2) is 18.3 Å². The summed E-state index contributed by atoms with van der Waals surface area (Å²) in [6.45, 7) is 3.96. The summed E-state index contributed by atoms with van der Waals surface area (Å²) in [7, 11) is 1.62. The summed E-state index contributed by atoms with van der Waals surface area (Å²) in [5.41, 5.74) is 1.99. The lowest BCUT2D eigenvalue weighted by Gasteiger charge is -2.12. The van der Waals surface area contributed by atoms with Crippen molar-refractivity contribution in [1.29, 1.82) is 0 Å². The Bertz CT molecular complexity index is 593. The van der Waals surface area contributed by atoms with Gasteiger partial charge in [-0.3, -0.25) is 4.79 Å². The van der Waals surface area contributed by atoms with Crippen LogP contribution >= 0.6 is 11.8 Å². The number of anilines is 1. The van der Waals surface area contributed by atoms with Gasteiger partial charge in [0.05, 0.1) is 12.4 Å². The van der Waals surface area contributed by atoms with E-state index in [0.29, 0.717) is 0 Å². The SMILES string of the molecule is COc1ccc(NC(=O)[C@@H](C)Sc2ccc(C)cc2)cc1. The first-order valence-corrected chi connectivity index (χ1v) is 7.64. The minimum atomic E-state index is -0.158. The summed E-state index contributed by atoms with van der Waals surface area (Å²) in [6.07, 6.45) is 0. The maximum absolute atomic E-state index is 12.2. The molecule has 2 rings (SSSR count). The molecule has 0 saturated heterocycles. The Labute approximate surface area is 129 Å². The van der Waals surface area contributed by atoms with Gasteiger partial charge in [0.15, 0.2) is 0 Å². The normalized spacial score (nSPS) is 11.8. The van der Waals surface area contributed by atoms with Gasteiger partial charge in [0.25, 0.3) is 0 Å². The van der Waals surface area contributed by atoms with Crippen molar-refractivity contribution in [2.75, 3.05) is 12.4 Å². The van der Waals surface area contributed by atoms with E-state index in [2.05, 4.69) is 17.4 Å². The predicted octanol–water partition coefficient (Wildman–Crippen LogP) is 4.12. The van der Waals surface area contributed by atoms with Crippen LogP contribution in [0.5, 0.6) is 5.75 Å². The molecule has 4 heteroatoms. The van der Waals surface area contributed by atoms with Gasteiger partial charge in [-0.15, -0.1) is 11.8 Å². The highest BCUT2D eigenvalue weighted by Crippen LogP contribution is 2.24. The van der Waals surface area contributed by atoms with Crippen LogP contribution in [0, 0.1) is 6.92 Å². The predicted molar refractivity (Wildman–Crippen MR) is 88.1 cm³/mol. The van der Waals surface area contributed by atoms with E-state index in [1.54, 1.807) is 18.9 Å². The fraction of sp³-hybridized carbons (Fsp3) is 0.235. The molecule has 0 aliphatic carbocycles. The lowest BCUT2D eigenvalue weighted by molar-refractivity contribution is -0.115. The average molecular weight is 301 g/mol. The molecule has 0 fully saturated rings. The van der Waals surface area contributed by atoms with Crippen LogP contribution in [-0.2, 0) is 4.79 Å². The summed E-state index contributed by atoms with van der Waals surface area (Å²) in [5.74, 6) is 0.765. The molecule has 2 aromatic rings. The zero-order valence-electron chi connectivity index (χ0n) is 12.4. The molecule has 0 radical (unpaired) electrons. The number of methoxy groups -OCH3 is 1. The molecule has 3 nitrogen and oxygen atoms in total. The maximum atomic E-state index is 12.2. The molecule has 0 aliphatic heterocycles. The fourth-order valence-electron chi connectivity index (χ4n) is 1.79. The molecule has 1 atom stereocenters. The van der Waals surface area contributed by atoms with Crippen molar-refractivity contribution in [3.63, 3.8) is 0 Å². The van der Waals surface area contributed by atoms with Crippen molar-refractivity contribution in [2.24, 2.45) is 0 Å². The standard InChI is InChI=1S/C17H19NO2S/c1-12-4-10-16(11-5-12)21-13(2)17(19)18-14-6-8-15(20-3)9-7-14/h4-11,13H,1-3H3,(H,18,19)/t13-/m1/s1. The number of benzene rings is 2. The average Bonchev–Trinajstić information content (AvgIpc) is 2.50. The summed E-state index contributed by atoms with van der Waals surface area (Å²) in [6, 6.07) is 15.5. The number of nitrogens with one attached hydrogen (secondary N) is 1. The lowest BCUT2D eigenvalue weighted by atomic mass is 10.2. The van der Waals surface area contributed by atoms with E-state index in [9.17, 15) is 4.79 Å². The van der Waals surface area contributed by atoms with E-state index in [1.165, 1.54) is 5.56 Å². The molecular formula is C17H19NO2S. The molecule has 0 aromatic heterocycles. The number of hydrogen-bond donors (Lipinski definition) is 1. The topological polar surface area (TPSA) is 38.3 Å². The van der Waals surface area contributed by atoms with E-state index in [-0.39, 0.29) is 11.2 Å². The number of carbonyl (C=O) groups excluding carboxylic acids is 1. The number of aryl methyl sites for hydroxylation is 1. The molecule has 0 unspecified atom stereocenters. The van der Waals surface area contributed by atoms with Gasteiger partial charge in [-0.05, 0) is 50.2 Å². The Morgan fingerprint density at radius 3 is 2.29 bits per heavy atom. The van der Waals surface area contributed by atoms with E-state index in [4.69, 9.17) is 4.74 Å². The molecule has 2 aromatic carbocycles. The van der Waals surface area contributed by atoms with Gasteiger partial charge in [-0.25, -0.2) is 0 Å². The van der Waals surface area contributed by atoms with Gasteiger partial charge >= 0.3 is 0 Å². The molecular weight excluding hydrogens is 282 g/mol. The van der Waals surface area contributed by atoms with Gasteiger partial charge in [0, 0.05) is 10.6 Å². The summed E-state index contributed by atoms with van der Waals surface area (Å²) in [4.78, 5) is 13.3. The van der Waals surface area contributed by atoms with Crippen LogP contribution in [0.3, 0.4) is 0 Å². The highest BCUT2D eigenvalue weighted by Gasteiger charge is 2.14. The first kappa shape index (κ1) is 15.4. The molecule has 21 heavy (non-hydrogen) atoms. The third kappa shape index (κ3) is 4.53. The molecule has 0 aliphatic rings. The number of hydrogen-bond acceptors (Lipinski definition) is 3. The maximum Gasteiger partial charge on any atom is 0.237 e. The third-order valence-corrected chi connectivity index (χ3v) is 4.17. The third-order valence-electron chi connectivity index (χ3n) is 3.06. The molecule has 0 saturated carbocycles. The molecule has 1 N–H and O–H groups in total. The minimum absolute atomic E-state index is 0.00857. The Morgan fingerprint density at radius 1 is 1.10 bits per heavy atom. The Balaban J connectivity index is 1.93. The van der Waals surface area contributed by atoms with Gasteiger partial charge in [0.1, 0.15) is 5.75 Å². The zero-order valence-corrected chi connectivity index (χ0v) is 13.2. The van der Waals surface area contributed by atoms with Crippen molar-refractivity contribution in [2.45, 2.75) is 24.0 Å². The second kappa shape index (κ2) is 7.18. The highest BCUT2D eigenvalue weighted by atomic mass is 32.2. The number of ether oxygens (including phenoxy) is 1. The zero-order chi connectivity index (χ0) is 15.2. The molecule has 0 heterocycles. The van der Waals surface area contributed by atoms with Crippen LogP contribution in [0.15, 0.2) is 53.4 Å². The number of carbonyl (C=O) groups is 1. The van der Waals surface area contributed by atoms with Crippen LogP contribution in [0.4, 0.5) is 5.69 Å². The van der Waals surface area contributed by atoms with Crippen molar-refractivity contribution in [1.82, 2.24) is 0 Å². The monoisotopic (exact) mass is 301 g/mol. The first-order valence-electron chi connectivity index (χ1n) is 6.77. The van der Waals surface area contributed by atoms with Gasteiger partial charge in [0.2, 0.25) is 5.91 Å². The second-order valence-electron chi connectivity index (χ2n) is 4.79. The van der Waals surface area contributed by atoms with Crippen molar-refractivity contribution in [3.05, 3.63) is 54.1 Å².